The van der Waals surface area contributed by atoms with Gasteiger partial charge in [-0.05, 0) is 24.5 Å². The molecule has 24 heavy (non-hydrogen) atoms. The number of aryl methyl sites for hydroxylation is 1. The Morgan fingerprint density at radius 2 is 2.04 bits per heavy atom. The average molecular weight is 327 g/mol. The monoisotopic (exact) mass is 327 g/mol. The van der Waals surface area contributed by atoms with E-state index in [4.69, 9.17) is 9.47 Å². The van der Waals surface area contributed by atoms with E-state index in [1.165, 1.54) is 0 Å². The summed E-state index contributed by atoms with van der Waals surface area (Å²) in [6, 6.07) is 2.19. The Kier molecular flexibility index (Phi) is 4.02. The largest absolute Gasteiger partial charge is 0.458 e. The summed E-state index contributed by atoms with van der Waals surface area (Å²) >= 11 is 0. The third-order valence-electron chi connectivity index (χ3n) is 4.69. The summed E-state index contributed by atoms with van der Waals surface area (Å²) in [5.41, 5.74) is 0.979. The molecule has 4 rings (SSSR count). The highest BCUT2D eigenvalue weighted by Crippen LogP contribution is 2.37. The van der Waals surface area contributed by atoms with E-state index in [9.17, 15) is 0 Å². The number of hydrogen-bond acceptors (Lipinski definition) is 7. The molecular formula is C17H21N5O2. The average Bonchev–Trinajstić information content (AvgIpc) is 3.23. The Morgan fingerprint density at radius 3 is 2.79 bits per heavy atom. The number of aromatic nitrogens is 4. The van der Waals surface area contributed by atoms with Crippen LogP contribution in [0.15, 0.2) is 30.9 Å². The molecule has 0 amide bonds. The van der Waals surface area contributed by atoms with Gasteiger partial charge in [0.1, 0.15) is 6.10 Å². The van der Waals surface area contributed by atoms with Crippen LogP contribution in [0.1, 0.15) is 25.3 Å². The number of anilines is 1. The maximum absolute atomic E-state index is 6.11. The molecule has 0 N–H and O–H groups in total. The highest BCUT2D eigenvalue weighted by atomic mass is 16.6. The Balaban J connectivity index is 1.39. The quantitative estimate of drug-likeness (QED) is 0.845. The van der Waals surface area contributed by atoms with E-state index in [-0.39, 0.29) is 11.7 Å². The van der Waals surface area contributed by atoms with E-state index >= 15 is 0 Å². The molecule has 7 heteroatoms. The van der Waals surface area contributed by atoms with E-state index in [1.807, 2.05) is 12.4 Å². The summed E-state index contributed by atoms with van der Waals surface area (Å²) < 4.78 is 11.9. The molecule has 0 radical (unpaired) electrons. The maximum atomic E-state index is 6.11. The molecule has 2 aliphatic heterocycles. The standard InChI is InChI=1S/C17H21N5O2/c1-2-13-9-20-15(21-10-13)22-7-4-17(12-22)8-14(11-23-17)24-16-18-5-3-6-19-16/h3,5-6,9-10,14H,2,4,7-8,11-12H2,1H3/t14-,17-/m1/s1. The lowest BCUT2D eigenvalue weighted by Gasteiger charge is -2.23. The van der Waals surface area contributed by atoms with Gasteiger partial charge in [-0.2, -0.15) is 0 Å². The maximum Gasteiger partial charge on any atom is 0.316 e. The molecule has 0 unspecified atom stereocenters. The second-order valence-corrected chi connectivity index (χ2v) is 6.39. The number of rotatable bonds is 4. The number of hydrogen-bond donors (Lipinski definition) is 0. The van der Waals surface area contributed by atoms with Crippen LogP contribution < -0.4 is 9.64 Å². The third kappa shape index (κ3) is 3.03. The van der Waals surface area contributed by atoms with Crippen molar-refractivity contribution in [2.45, 2.75) is 37.9 Å². The van der Waals surface area contributed by atoms with Gasteiger partial charge >= 0.3 is 6.01 Å². The van der Waals surface area contributed by atoms with Crippen LogP contribution >= 0.6 is 0 Å². The highest BCUT2D eigenvalue weighted by Gasteiger charge is 2.47. The highest BCUT2D eigenvalue weighted by molar-refractivity contribution is 5.34. The molecule has 2 aromatic heterocycles. The lowest BCUT2D eigenvalue weighted by Crippen LogP contribution is -2.34. The predicted molar refractivity (Wildman–Crippen MR) is 88.0 cm³/mol. The van der Waals surface area contributed by atoms with Crippen LogP contribution in [0.25, 0.3) is 0 Å². The molecule has 0 aliphatic carbocycles. The van der Waals surface area contributed by atoms with Crippen LogP contribution in [0.3, 0.4) is 0 Å². The molecule has 2 atom stereocenters. The van der Waals surface area contributed by atoms with Crippen molar-refractivity contribution in [1.29, 1.82) is 0 Å². The summed E-state index contributed by atoms with van der Waals surface area (Å²) in [5, 5.41) is 0. The topological polar surface area (TPSA) is 73.3 Å². The molecule has 4 heterocycles. The number of nitrogens with zero attached hydrogens (tertiary/aromatic N) is 5. The zero-order chi connectivity index (χ0) is 16.4. The molecule has 2 aliphatic rings. The van der Waals surface area contributed by atoms with Gasteiger partial charge in [-0.25, -0.2) is 19.9 Å². The van der Waals surface area contributed by atoms with E-state index in [0.717, 1.165) is 43.9 Å². The van der Waals surface area contributed by atoms with E-state index in [0.29, 0.717) is 12.6 Å². The smallest absolute Gasteiger partial charge is 0.316 e. The van der Waals surface area contributed by atoms with Gasteiger partial charge in [0, 0.05) is 37.8 Å². The van der Waals surface area contributed by atoms with Gasteiger partial charge in [-0.15, -0.1) is 0 Å². The van der Waals surface area contributed by atoms with Gasteiger partial charge in [0.15, 0.2) is 0 Å². The minimum Gasteiger partial charge on any atom is -0.458 e. The van der Waals surface area contributed by atoms with Crippen molar-refractivity contribution in [2.24, 2.45) is 0 Å². The Hall–Kier alpha value is -2.28. The second kappa shape index (κ2) is 6.32. The fourth-order valence-electron chi connectivity index (χ4n) is 3.37. The van der Waals surface area contributed by atoms with Crippen molar-refractivity contribution in [3.8, 4) is 6.01 Å². The molecule has 0 saturated carbocycles. The fraction of sp³-hybridized carbons (Fsp3) is 0.529. The molecule has 2 saturated heterocycles. The summed E-state index contributed by atoms with van der Waals surface area (Å²) in [7, 11) is 0. The minimum atomic E-state index is -0.174. The van der Waals surface area contributed by atoms with Crippen molar-refractivity contribution in [3.63, 3.8) is 0 Å². The van der Waals surface area contributed by atoms with Crippen LogP contribution in [-0.4, -0.2) is 51.3 Å². The van der Waals surface area contributed by atoms with Gasteiger partial charge < -0.3 is 14.4 Å². The summed E-state index contributed by atoms with van der Waals surface area (Å²) in [4.78, 5) is 19.4. The lowest BCUT2D eigenvalue weighted by atomic mass is 9.98. The summed E-state index contributed by atoms with van der Waals surface area (Å²) in [5.74, 6) is 0.781. The van der Waals surface area contributed by atoms with Crippen molar-refractivity contribution < 1.29 is 9.47 Å². The molecule has 1 spiro atoms. The van der Waals surface area contributed by atoms with Crippen molar-refractivity contribution >= 4 is 5.95 Å². The first kappa shape index (κ1) is 15.3. The van der Waals surface area contributed by atoms with E-state index in [1.54, 1.807) is 18.5 Å². The van der Waals surface area contributed by atoms with Crippen LogP contribution in [0.5, 0.6) is 6.01 Å². The molecular weight excluding hydrogens is 306 g/mol. The number of ether oxygens (including phenoxy) is 2. The van der Waals surface area contributed by atoms with Crippen molar-refractivity contribution in [3.05, 3.63) is 36.4 Å². The predicted octanol–water partition coefficient (Wildman–Crippen LogP) is 1.65. The summed E-state index contributed by atoms with van der Waals surface area (Å²) in [6.45, 7) is 4.38. The zero-order valence-electron chi connectivity index (χ0n) is 13.8. The molecule has 0 aromatic carbocycles. The second-order valence-electron chi connectivity index (χ2n) is 6.39. The van der Waals surface area contributed by atoms with Gasteiger partial charge in [-0.1, -0.05) is 6.92 Å². The van der Waals surface area contributed by atoms with Gasteiger partial charge in [0.25, 0.3) is 0 Å². The molecule has 126 valence electrons. The van der Waals surface area contributed by atoms with Crippen LogP contribution in [0.4, 0.5) is 5.95 Å². The molecule has 7 nitrogen and oxygen atoms in total. The first-order chi connectivity index (χ1) is 11.8. The first-order valence-electron chi connectivity index (χ1n) is 8.40. The van der Waals surface area contributed by atoms with Crippen LogP contribution in [0, 0.1) is 0 Å². The van der Waals surface area contributed by atoms with E-state index in [2.05, 4.69) is 31.8 Å². The lowest BCUT2D eigenvalue weighted by molar-refractivity contribution is 0.0192. The SMILES string of the molecule is CCc1cnc(N2CC[C@@]3(C[C@@H](Oc4ncccn4)CO3)C2)nc1. The van der Waals surface area contributed by atoms with Gasteiger partial charge in [0.05, 0.1) is 18.8 Å². The fourth-order valence-corrected chi connectivity index (χ4v) is 3.37. The van der Waals surface area contributed by atoms with Crippen LogP contribution in [0.2, 0.25) is 0 Å². The van der Waals surface area contributed by atoms with Gasteiger partial charge in [0.2, 0.25) is 5.95 Å². The molecule has 2 fully saturated rings. The summed E-state index contributed by atoms with van der Waals surface area (Å²) in [6.07, 6.45) is 9.92. The van der Waals surface area contributed by atoms with Crippen molar-refractivity contribution in [2.75, 3.05) is 24.6 Å². The van der Waals surface area contributed by atoms with Crippen molar-refractivity contribution in [1.82, 2.24) is 19.9 Å². The van der Waals surface area contributed by atoms with Crippen LogP contribution in [-0.2, 0) is 11.2 Å². The Labute approximate surface area is 141 Å². The van der Waals surface area contributed by atoms with E-state index < -0.39 is 0 Å². The zero-order valence-corrected chi connectivity index (χ0v) is 13.8. The molecule has 0 bridgehead atoms. The minimum absolute atomic E-state index is 0.00395. The Morgan fingerprint density at radius 1 is 1.25 bits per heavy atom. The first-order valence-corrected chi connectivity index (χ1v) is 8.40. The Bertz CT molecular complexity index is 681. The van der Waals surface area contributed by atoms with Gasteiger partial charge in [-0.3, -0.25) is 0 Å². The normalized spacial score (nSPS) is 26.2. The third-order valence-corrected chi connectivity index (χ3v) is 4.69. The molecule has 2 aromatic rings.